The predicted octanol–water partition coefficient (Wildman–Crippen LogP) is 2.93. The zero-order valence-electron chi connectivity index (χ0n) is 12.7. The lowest BCUT2D eigenvalue weighted by molar-refractivity contribution is 0.132. The van der Waals surface area contributed by atoms with Crippen molar-refractivity contribution in [3.63, 3.8) is 0 Å². The van der Waals surface area contributed by atoms with Gasteiger partial charge in [0.1, 0.15) is 0 Å². The Kier molecular flexibility index (Phi) is 5.41. The summed E-state index contributed by atoms with van der Waals surface area (Å²) in [7, 11) is 2.02. The fraction of sp³-hybridized carbons (Fsp3) is 0.647. The van der Waals surface area contributed by atoms with Crippen molar-refractivity contribution in [3.8, 4) is 0 Å². The summed E-state index contributed by atoms with van der Waals surface area (Å²) in [5, 5.41) is 3.25. The van der Waals surface area contributed by atoms with Crippen LogP contribution in [0.1, 0.15) is 31.4 Å². The molecule has 1 aromatic carbocycles. The molecule has 2 heteroatoms. The Morgan fingerprint density at radius 2 is 1.89 bits per heavy atom. The number of nitrogens with one attached hydrogen (secondary N) is 1. The molecule has 0 radical (unpaired) electrons. The van der Waals surface area contributed by atoms with Crippen LogP contribution in [-0.4, -0.2) is 31.6 Å². The quantitative estimate of drug-likeness (QED) is 0.875. The van der Waals surface area contributed by atoms with Crippen molar-refractivity contribution in [2.24, 2.45) is 11.8 Å². The Bertz CT molecular complexity index is 389. The van der Waals surface area contributed by atoms with E-state index in [1.807, 2.05) is 7.05 Å². The van der Waals surface area contributed by atoms with Crippen LogP contribution in [0.4, 0.5) is 0 Å². The van der Waals surface area contributed by atoms with Crippen molar-refractivity contribution >= 4 is 0 Å². The lowest BCUT2D eigenvalue weighted by atomic mass is 9.88. The largest absolute Gasteiger partial charge is 0.319 e. The van der Waals surface area contributed by atoms with Gasteiger partial charge in [0, 0.05) is 13.1 Å². The molecule has 0 saturated carbocycles. The molecule has 2 rings (SSSR count). The lowest BCUT2D eigenvalue weighted by Gasteiger charge is -2.35. The van der Waals surface area contributed by atoms with Crippen LogP contribution < -0.4 is 5.32 Å². The number of likely N-dealkylation sites (tertiary alicyclic amines) is 1. The molecule has 0 aliphatic carbocycles. The van der Waals surface area contributed by atoms with Gasteiger partial charge in [-0.05, 0) is 55.9 Å². The van der Waals surface area contributed by atoms with E-state index in [9.17, 15) is 0 Å². The average molecular weight is 260 g/mol. The molecule has 2 unspecified atom stereocenters. The van der Waals surface area contributed by atoms with E-state index in [0.717, 1.165) is 31.3 Å². The summed E-state index contributed by atoms with van der Waals surface area (Å²) < 4.78 is 0. The molecule has 0 spiro atoms. The first kappa shape index (κ1) is 14.5. The van der Waals surface area contributed by atoms with E-state index in [-0.39, 0.29) is 0 Å². The number of rotatable bonds is 5. The fourth-order valence-electron chi connectivity index (χ4n) is 2.95. The van der Waals surface area contributed by atoms with E-state index in [2.05, 4.69) is 48.3 Å². The Labute approximate surface area is 118 Å². The third-order valence-electron chi connectivity index (χ3n) is 4.57. The van der Waals surface area contributed by atoms with Crippen molar-refractivity contribution < 1.29 is 0 Å². The molecule has 1 aliphatic heterocycles. The summed E-state index contributed by atoms with van der Waals surface area (Å²) in [5.41, 5.74) is 3.02. The zero-order chi connectivity index (χ0) is 13.7. The van der Waals surface area contributed by atoms with Gasteiger partial charge in [0.25, 0.3) is 0 Å². The van der Waals surface area contributed by atoms with Gasteiger partial charge in [0.2, 0.25) is 0 Å². The van der Waals surface area contributed by atoms with E-state index in [4.69, 9.17) is 0 Å². The minimum absolute atomic E-state index is 0.832. The van der Waals surface area contributed by atoms with Crippen LogP contribution in [0.15, 0.2) is 24.3 Å². The molecule has 0 amide bonds. The van der Waals surface area contributed by atoms with Crippen molar-refractivity contribution in [1.82, 2.24) is 10.2 Å². The van der Waals surface area contributed by atoms with Gasteiger partial charge < -0.3 is 5.32 Å². The Hall–Kier alpha value is -0.860. The van der Waals surface area contributed by atoms with Gasteiger partial charge in [-0.2, -0.15) is 0 Å². The standard InChI is InChI=1S/C17H28N2/c1-14-9-11-19(12-15(14)2)13-17-7-5-4-6-16(17)8-10-18-3/h4-7,14-15,18H,8-13H2,1-3H3. The van der Waals surface area contributed by atoms with Crippen LogP contribution in [0.5, 0.6) is 0 Å². The molecule has 106 valence electrons. The van der Waals surface area contributed by atoms with E-state index in [1.165, 1.54) is 30.6 Å². The summed E-state index contributed by atoms with van der Waals surface area (Å²) in [5.74, 6) is 1.72. The molecule has 0 bridgehead atoms. The van der Waals surface area contributed by atoms with E-state index in [1.54, 1.807) is 0 Å². The Morgan fingerprint density at radius 3 is 2.58 bits per heavy atom. The van der Waals surface area contributed by atoms with Crippen molar-refractivity contribution in [2.75, 3.05) is 26.7 Å². The third kappa shape index (κ3) is 4.05. The van der Waals surface area contributed by atoms with Crippen LogP contribution in [0.3, 0.4) is 0 Å². The number of hydrogen-bond acceptors (Lipinski definition) is 2. The number of hydrogen-bond donors (Lipinski definition) is 1. The smallest absolute Gasteiger partial charge is 0.0236 e. The van der Waals surface area contributed by atoms with E-state index >= 15 is 0 Å². The van der Waals surface area contributed by atoms with Crippen molar-refractivity contribution in [2.45, 2.75) is 33.2 Å². The fourth-order valence-corrected chi connectivity index (χ4v) is 2.95. The molecular weight excluding hydrogens is 232 g/mol. The van der Waals surface area contributed by atoms with Crippen molar-refractivity contribution in [1.29, 1.82) is 0 Å². The van der Waals surface area contributed by atoms with Gasteiger partial charge in [0.05, 0.1) is 0 Å². The molecule has 2 atom stereocenters. The molecular formula is C17H28N2. The Morgan fingerprint density at radius 1 is 1.16 bits per heavy atom. The zero-order valence-corrected chi connectivity index (χ0v) is 12.7. The highest BCUT2D eigenvalue weighted by molar-refractivity contribution is 5.27. The highest BCUT2D eigenvalue weighted by Gasteiger charge is 2.22. The second-order valence-corrected chi connectivity index (χ2v) is 6.10. The van der Waals surface area contributed by atoms with Crippen LogP contribution in [-0.2, 0) is 13.0 Å². The summed E-state index contributed by atoms with van der Waals surface area (Å²) in [6.07, 6.45) is 2.48. The topological polar surface area (TPSA) is 15.3 Å². The first-order valence-corrected chi connectivity index (χ1v) is 7.64. The van der Waals surface area contributed by atoms with Crippen molar-refractivity contribution in [3.05, 3.63) is 35.4 Å². The molecule has 0 aromatic heterocycles. The van der Waals surface area contributed by atoms with Crippen LogP contribution in [0.2, 0.25) is 0 Å². The first-order valence-electron chi connectivity index (χ1n) is 7.64. The lowest BCUT2D eigenvalue weighted by Crippen LogP contribution is -2.38. The van der Waals surface area contributed by atoms with Gasteiger partial charge in [-0.1, -0.05) is 38.1 Å². The average Bonchev–Trinajstić information content (AvgIpc) is 2.42. The third-order valence-corrected chi connectivity index (χ3v) is 4.57. The van der Waals surface area contributed by atoms with E-state index in [0.29, 0.717) is 0 Å². The maximum atomic E-state index is 3.25. The predicted molar refractivity (Wildman–Crippen MR) is 82.3 cm³/mol. The minimum atomic E-state index is 0.832. The molecule has 1 heterocycles. The van der Waals surface area contributed by atoms with Crippen LogP contribution in [0, 0.1) is 11.8 Å². The molecule has 1 N–H and O–H groups in total. The van der Waals surface area contributed by atoms with Gasteiger partial charge >= 0.3 is 0 Å². The molecule has 2 nitrogen and oxygen atoms in total. The second kappa shape index (κ2) is 7.06. The first-order chi connectivity index (χ1) is 9.20. The van der Waals surface area contributed by atoms with E-state index < -0.39 is 0 Å². The van der Waals surface area contributed by atoms with Gasteiger partial charge in [-0.3, -0.25) is 4.90 Å². The summed E-state index contributed by atoms with van der Waals surface area (Å²) >= 11 is 0. The summed E-state index contributed by atoms with van der Waals surface area (Å²) in [6, 6.07) is 8.92. The number of benzene rings is 1. The summed E-state index contributed by atoms with van der Waals surface area (Å²) in [6.45, 7) is 9.47. The number of piperidine rings is 1. The highest BCUT2D eigenvalue weighted by Crippen LogP contribution is 2.24. The second-order valence-electron chi connectivity index (χ2n) is 6.10. The maximum Gasteiger partial charge on any atom is 0.0236 e. The van der Waals surface area contributed by atoms with Gasteiger partial charge in [0.15, 0.2) is 0 Å². The molecule has 1 aromatic rings. The number of likely N-dealkylation sites (N-methyl/N-ethyl adjacent to an activating group) is 1. The molecule has 1 fully saturated rings. The Balaban J connectivity index is 1.98. The normalized spacial score (nSPS) is 24.6. The monoisotopic (exact) mass is 260 g/mol. The molecule has 19 heavy (non-hydrogen) atoms. The van der Waals surface area contributed by atoms with Crippen LogP contribution in [0.25, 0.3) is 0 Å². The maximum absolute atomic E-state index is 3.25. The molecule has 1 aliphatic rings. The molecule has 1 saturated heterocycles. The number of nitrogens with zero attached hydrogens (tertiary/aromatic N) is 1. The SMILES string of the molecule is CNCCc1ccccc1CN1CCC(C)C(C)C1. The van der Waals surface area contributed by atoms with Crippen LogP contribution >= 0.6 is 0 Å². The summed E-state index contributed by atoms with van der Waals surface area (Å²) in [4.78, 5) is 2.63. The van der Waals surface area contributed by atoms with Gasteiger partial charge in [-0.15, -0.1) is 0 Å². The minimum Gasteiger partial charge on any atom is -0.319 e. The highest BCUT2D eigenvalue weighted by atomic mass is 15.1. The van der Waals surface area contributed by atoms with Gasteiger partial charge in [-0.25, -0.2) is 0 Å².